The van der Waals surface area contributed by atoms with E-state index in [1.165, 1.54) is 12.1 Å². The lowest BCUT2D eigenvalue weighted by atomic mass is 9.90. The zero-order chi connectivity index (χ0) is 14.4. The number of alkyl halides is 3. The number of aliphatic hydroxyl groups is 1. The summed E-state index contributed by atoms with van der Waals surface area (Å²) in [7, 11) is 0. The van der Waals surface area contributed by atoms with E-state index in [-0.39, 0.29) is 0 Å². The molecular weight excluding hydrogens is 265 g/mol. The monoisotopic (exact) mass is 278 g/mol. The SMILES string of the molecule is OC1(c2ccc(C(F)(F)F)cc2)Cc2ccccc2C1. The third-order valence-electron chi connectivity index (χ3n) is 3.83. The van der Waals surface area contributed by atoms with Gasteiger partial charge in [-0.15, -0.1) is 0 Å². The van der Waals surface area contributed by atoms with Gasteiger partial charge in [0.05, 0.1) is 11.2 Å². The number of rotatable bonds is 1. The Morgan fingerprint density at radius 2 is 1.35 bits per heavy atom. The Bertz CT molecular complexity index is 604. The topological polar surface area (TPSA) is 20.2 Å². The van der Waals surface area contributed by atoms with Crippen molar-refractivity contribution in [1.82, 2.24) is 0 Å². The fourth-order valence-corrected chi connectivity index (χ4v) is 2.77. The Hall–Kier alpha value is -1.81. The van der Waals surface area contributed by atoms with Crippen molar-refractivity contribution in [2.24, 2.45) is 0 Å². The normalized spacial score (nSPS) is 17.0. The summed E-state index contributed by atoms with van der Waals surface area (Å²) in [4.78, 5) is 0. The average molecular weight is 278 g/mol. The predicted octanol–water partition coefficient (Wildman–Crippen LogP) is 3.69. The van der Waals surface area contributed by atoms with Crippen LogP contribution < -0.4 is 0 Å². The van der Waals surface area contributed by atoms with E-state index < -0.39 is 17.3 Å². The van der Waals surface area contributed by atoms with Gasteiger partial charge in [0.2, 0.25) is 0 Å². The second-order valence-electron chi connectivity index (χ2n) is 5.23. The molecule has 4 heteroatoms. The second kappa shape index (κ2) is 4.35. The molecule has 104 valence electrons. The van der Waals surface area contributed by atoms with Crippen molar-refractivity contribution in [3.63, 3.8) is 0 Å². The van der Waals surface area contributed by atoms with Crippen LogP contribution in [-0.2, 0) is 24.6 Å². The molecule has 0 amide bonds. The fourth-order valence-electron chi connectivity index (χ4n) is 2.77. The first-order valence-corrected chi connectivity index (χ1v) is 6.35. The van der Waals surface area contributed by atoms with Gasteiger partial charge in [-0.05, 0) is 28.8 Å². The van der Waals surface area contributed by atoms with Crippen LogP contribution >= 0.6 is 0 Å². The molecule has 0 unspecified atom stereocenters. The maximum absolute atomic E-state index is 12.5. The average Bonchev–Trinajstić information content (AvgIpc) is 2.75. The molecule has 1 N–H and O–H groups in total. The third-order valence-corrected chi connectivity index (χ3v) is 3.83. The summed E-state index contributed by atoms with van der Waals surface area (Å²) in [6.45, 7) is 0. The van der Waals surface area contributed by atoms with E-state index in [0.29, 0.717) is 18.4 Å². The lowest BCUT2D eigenvalue weighted by Crippen LogP contribution is -2.26. The molecule has 0 heterocycles. The van der Waals surface area contributed by atoms with Crippen LogP contribution in [0.25, 0.3) is 0 Å². The smallest absolute Gasteiger partial charge is 0.384 e. The predicted molar refractivity (Wildman–Crippen MR) is 69.2 cm³/mol. The molecule has 3 rings (SSSR count). The van der Waals surface area contributed by atoms with E-state index in [9.17, 15) is 18.3 Å². The van der Waals surface area contributed by atoms with Gasteiger partial charge in [-0.2, -0.15) is 13.2 Å². The molecule has 0 radical (unpaired) electrons. The van der Waals surface area contributed by atoms with Crippen molar-refractivity contribution in [2.75, 3.05) is 0 Å². The quantitative estimate of drug-likeness (QED) is 0.843. The molecule has 0 fully saturated rings. The summed E-state index contributed by atoms with van der Waals surface area (Å²) >= 11 is 0. The zero-order valence-corrected chi connectivity index (χ0v) is 10.6. The van der Waals surface area contributed by atoms with Crippen molar-refractivity contribution in [3.8, 4) is 0 Å². The minimum Gasteiger partial charge on any atom is -0.384 e. The van der Waals surface area contributed by atoms with E-state index in [2.05, 4.69) is 0 Å². The standard InChI is InChI=1S/C16H13F3O/c17-16(18,19)14-7-5-13(6-8-14)15(20)9-11-3-1-2-4-12(11)10-15/h1-8,20H,9-10H2. The Morgan fingerprint density at radius 3 is 1.80 bits per heavy atom. The maximum atomic E-state index is 12.5. The van der Waals surface area contributed by atoms with Gasteiger partial charge in [0, 0.05) is 12.8 Å². The van der Waals surface area contributed by atoms with Gasteiger partial charge in [-0.25, -0.2) is 0 Å². The molecule has 20 heavy (non-hydrogen) atoms. The Kier molecular flexibility index (Phi) is 2.87. The van der Waals surface area contributed by atoms with Gasteiger partial charge >= 0.3 is 6.18 Å². The van der Waals surface area contributed by atoms with Crippen molar-refractivity contribution in [3.05, 3.63) is 70.8 Å². The minimum atomic E-state index is -4.35. The van der Waals surface area contributed by atoms with Crippen LogP contribution in [0.4, 0.5) is 13.2 Å². The van der Waals surface area contributed by atoms with Crippen molar-refractivity contribution < 1.29 is 18.3 Å². The molecule has 0 bridgehead atoms. The highest BCUT2D eigenvalue weighted by atomic mass is 19.4. The number of fused-ring (bicyclic) bond motifs is 1. The molecule has 1 aliphatic rings. The van der Waals surface area contributed by atoms with Crippen LogP contribution in [0.15, 0.2) is 48.5 Å². The lowest BCUT2D eigenvalue weighted by molar-refractivity contribution is -0.137. The Morgan fingerprint density at radius 1 is 0.850 bits per heavy atom. The van der Waals surface area contributed by atoms with Crippen molar-refractivity contribution >= 4 is 0 Å². The van der Waals surface area contributed by atoms with E-state index in [0.717, 1.165) is 23.3 Å². The van der Waals surface area contributed by atoms with Crippen LogP contribution in [0.1, 0.15) is 22.3 Å². The van der Waals surface area contributed by atoms with E-state index in [4.69, 9.17) is 0 Å². The van der Waals surface area contributed by atoms with Gasteiger partial charge in [-0.1, -0.05) is 36.4 Å². The summed E-state index contributed by atoms with van der Waals surface area (Å²) in [5, 5.41) is 10.7. The number of hydrogen-bond acceptors (Lipinski definition) is 1. The Labute approximate surface area is 114 Å². The third kappa shape index (κ3) is 2.20. The first-order valence-electron chi connectivity index (χ1n) is 6.35. The molecule has 0 saturated heterocycles. The van der Waals surface area contributed by atoms with E-state index >= 15 is 0 Å². The Balaban J connectivity index is 1.91. The molecule has 2 aromatic rings. The van der Waals surface area contributed by atoms with Crippen LogP contribution in [-0.4, -0.2) is 5.11 Å². The van der Waals surface area contributed by atoms with E-state index in [1.807, 2.05) is 24.3 Å². The van der Waals surface area contributed by atoms with Gasteiger partial charge in [0.15, 0.2) is 0 Å². The molecule has 0 atom stereocenters. The highest BCUT2D eigenvalue weighted by Gasteiger charge is 2.37. The molecular formula is C16H13F3O. The molecule has 0 spiro atoms. The summed E-state index contributed by atoms with van der Waals surface area (Å²) < 4.78 is 37.6. The van der Waals surface area contributed by atoms with Crippen LogP contribution in [0.5, 0.6) is 0 Å². The van der Waals surface area contributed by atoms with Crippen molar-refractivity contribution in [2.45, 2.75) is 24.6 Å². The van der Waals surface area contributed by atoms with Gasteiger partial charge in [0.25, 0.3) is 0 Å². The van der Waals surface area contributed by atoms with Crippen LogP contribution in [0.3, 0.4) is 0 Å². The van der Waals surface area contributed by atoms with E-state index in [1.54, 1.807) is 0 Å². The number of benzene rings is 2. The van der Waals surface area contributed by atoms with Crippen molar-refractivity contribution in [1.29, 1.82) is 0 Å². The van der Waals surface area contributed by atoms with Crippen LogP contribution in [0, 0.1) is 0 Å². The molecule has 0 aromatic heterocycles. The summed E-state index contributed by atoms with van der Waals surface area (Å²) in [6, 6.07) is 12.5. The molecule has 1 aliphatic carbocycles. The van der Waals surface area contributed by atoms with Gasteiger partial charge < -0.3 is 5.11 Å². The van der Waals surface area contributed by atoms with Gasteiger partial charge in [0.1, 0.15) is 0 Å². The molecule has 1 nitrogen and oxygen atoms in total. The maximum Gasteiger partial charge on any atom is 0.416 e. The zero-order valence-electron chi connectivity index (χ0n) is 10.6. The lowest BCUT2D eigenvalue weighted by Gasteiger charge is -2.23. The first kappa shape index (κ1) is 13.2. The summed E-state index contributed by atoms with van der Waals surface area (Å²) in [5.74, 6) is 0. The summed E-state index contributed by atoms with van der Waals surface area (Å²) in [5.41, 5.74) is 0.834. The molecule has 2 aromatic carbocycles. The first-order chi connectivity index (χ1) is 9.38. The largest absolute Gasteiger partial charge is 0.416 e. The summed E-state index contributed by atoms with van der Waals surface area (Å²) in [6.07, 6.45) is -3.47. The highest BCUT2D eigenvalue weighted by Crippen LogP contribution is 2.38. The number of halogens is 3. The molecule has 0 aliphatic heterocycles. The van der Waals surface area contributed by atoms with Crippen LogP contribution in [0.2, 0.25) is 0 Å². The van der Waals surface area contributed by atoms with Gasteiger partial charge in [-0.3, -0.25) is 0 Å². The highest BCUT2D eigenvalue weighted by molar-refractivity contribution is 5.40. The number of hydrogen-bond donors (Lipinski definition) is 1. The molecule has 0 saturated carbocycles. The minimum absolute atomic E-state index is 0.439. The second-order valence-corrected chi connectivity index (χ2v) is 5.23. The fraction of sp³-hybridized carbons (Fsp3) is 0.250.